The van der Waals surface area contributed by atoms with Crippen LogP contribution < -0.4 is 4.74 Å². The smallest absolute Gasteiger partial charge is 0.119 e. The van der Waals surface area contributed by atoms with Gasteiger partial charge >= 0.3 is 0 Å². The number of nitrogens with zero attached hydrogens (tertiary/aromatic N) is 1. The molecule has 4 heteroatoms. The van der Waals surface area contributed by atoms with Gasteiger partial charge in [0, 0.05) is 23.9 Å². The third-order valence-corrected chi connectivity index (χ3v) is 3.80. The predicted octanol–water partition coefficient (Wildman–Crippen LogP) is 3.41. The fourth-order valence-electron chi connectivity index (χ4n) is 2.44. The van der Waals surface area contributed by atoms with Gasteiger partial charge in [0.05, 0.1) is 12.3 Å². The van der Waals surface area contributed by atoms with Gasteiger partial charge in [0.15, 0.2) is 0 Å². The van der Waals surface area contributed by atoms with Crippen molar-refractivity contribution in [2.24, 2.45) is 0 Å². The van der Waals surface area contributed by atoms with Gasteiger partial charge in [0.2, 0.25) is 0 Å². The van der Waals surface area contributed by atoms with Gasteiger partial charge in [-0.05, 0) is 49.2 Å². The minimum absolute atomic E-state index is 0.147. The third-order valence-electron chi connectivity index (χ3n) is 3.80. The predicted molar refractivity (Wildman–Crippen MR) is 99.3 cm³/mol. The molecule has 4 nitrogen and oxygen atoms in total. The van der Waals surface area contributed by atoms with E-state index in [2.05, 4.69) is 16.8 Å². The van der Waals surface area contributed by atoms with Crippen LogP contribution in [0.15, 0.2) is 42.6 Å². The molecule has 0 aliphatic carbocycles. The molecule has 0 radical (unpaired) electrons. The van der Waals surface area contributed by atoms with E-state index in [1.165, 1.54) is 0 Å². The molecule has 0 saturated carbocycles. The largest absolute Gasteiger partial charge is 0.494 e. The van der Waals surface area contributed by atoms with Gasteiger partial charge in [-0.1, -0.05) is 31.1 Å². The minimum atomic E-state index is -0.147. The molecule has 0 atom stereocenters. The molecular formula is C21H25NO3. The average Bonchev–Trinajstić information content (AvgIpc) is 2.66. The van der Waals surface area contributed by atoms with Crippen LogP contribution in [-0.4, -0.2) is 35.0 Å². The number of aliphatic hydroxyl groups excluding tert-OH is 2. The zero-order valence-electron chi connectivity index (χ0n) is 14.4. The van der Waals surface area contributed by atoms with E-state index < -0.39 is 0 Å². The van der Waals surface area contributed by atoms with Crippen molar-refractivity contribution < 1.29 is 14.9 Å². The molecule has 0 amide bonds. The second kappa shape index (κ2) is 11.2. The first-order valence-electron chi connectivity index (χ1n) is 8.73. The Bertz CT molecular complexity index is 669. The zero-order chi connectivity index (χ0) is 17.7. The van der Waals surface area contributed by atoms with E-state index in [0.717, 1.165) is 61.3 Å². The van der Waals surface area contributed by atoms with Crippen molar-refractivity contribution in [2.45, 2.75) is 32.1 Å². The summed E-state index contributed by atoms with van der Waals surface area (Å²) in [5, 5.41) is 17.4. The van der Waals surface area contributed by atoms with Crippen LogP contribution in [0.25, 0.3) is 11.3 Å². The molecule has 0 saturated heterocycles. The fourth-order valence-corrected chi connectivity index (χ4v) is 2.44. The number of hydrogen-bond acceptors (Lipinski definition) is 4. The maximum atomic E-state index is 8.73. The molecule has 0 aliphatic rings. The van der Waals surface area contributed by atoms with Crippen LogP contribution in [-0.2, 0) is 0 Å². The lowest BCUT2D eigenvalue weighted by Crippen LogP contribution is -1.97. The number of unbranched alkanes of at least 4 members (excludes halogenated alkanes) is 4. The molecule has 1 aromatic carbocycles. The first-order chi connectivity index (χ1) is 12.3. The van der Waals surface area contributed by atoms with Crippen molar-refractivity contribution in [3.63, 3.8) is 0 Å². The van der Waals surface area contributed by atoms with Gasteiger partial charge in [0.1, 0.15) is 12.4 Å². The molecule has 1 aromatic heterocycles. The highest BCUT2D eigenvalue weighted by atomic mass is 16.5. The molecule has 2 rings (SSSR count). The number of aromatic nitrogens is 1. The van der Waals surface area contributed by atoms with Crippen LogP contribution >= 0.6 is 0 Å². The summed E-state index contributed by atoms with van der Waals surface area (Å²) in [7, 11) is 0. The van der Waals surface area contributed by atoms with E-state index >= 15 is 0 Å². The van der Waals surface area contributed by atoms with Crippen molar-refractivity contribution in [1.82, 2.24) is 4.98 Å². The first kappa shape index (κ1) is 19.0. The van der Waals surface area contributed by atoms with E-state index in [4.69, 9.17) is 14.9 Å². The average molecular weight is 339 g/mol. The summed E-state index contributed by atoms with van der Waals surface area (Å²) in [5.41, 5.74) is 2.69. The second-order valence-electron chi connectivity index (χ2n) is 5.76. The molecule has 132 valence electrons. The number of benzene rings is 1. The molecule has 2 aromatic rings. The first-order valence-corrected chi connectivity index (χ1v) is 8.73. The van der Waals surface area contributed by atoms with Crippen LogP contribution in [0.1, 0.15) is 37.7 Å². The lowest BCUT2D eigenvalue weighted by molar-refractivity contribution is 0.278. The SMILES string of the molecule is OCC#Cc1ccc(-c2ccc(OCCCCCCCO)cc2)nc1. The molecule has 0 unspecified atom stereocenters. The van der Waals surface area contributed by atoms with Crippen molar-refractivity contribution in [2.75, 3.05) is 19.8 Å². The third kappa shape index (κ3) is 6.96. The van der Waals surface area contributed by atoms with Gasteiger partial charge in [-0.15, -0.1) is 0 Å². The zero-order valence-corrected chi connectivity index (χ0v) is 14.4. The number of pyridine rings is 1. The topological polar surface area (TPSA) is 62.6 Å². The minimum Gasteiger partial charge on any atom is -0.494 e. The summed E-state index contributed by atoms with van der Waals surface area (Å²) in [5.74, 6) is 6.30. The van der Waals surface area contributed by atoms with E-state index in [9.17, 15) is 0 Å². The van der Waals surface area contributed by atoms with E-state index in [-0.39, 0.29) is 13.2 Å². The molecule has 0 spiro atoms. The van der Waals surface area contributed by atoms with Crippen LogP contribution in [0.5, 0.6) is 5.75 Å². The maximum Gasteiger partial charge on any atom is 0.119 e. The van der Waals surface area contributed by atoms with Crippen molar-refractivity contribution >= 4 is 0 Å². The number of rotatable bonds is 9. The lowest BCUT2D eigenvalue weighted by Gasteiger charge is -2.07. The van der Waals surface area contributed by atoms with Crippen LogP contribution in [0.4, 0.5) is 0 Å². The molecule has 2 N–H and O–H groups in total. The summed E-state index contributed by atoms with van der Waals surface area (Å²) in [6.45, 7) is 0.858. The molecular weight excluding hydrogens is 314 g/mol. The van der Waals surface area contributed by atoms with Crippen molar-refractivity contribution in [1.29, 1.82) is 0 Å². The summed E-state index contributed by atoms with van der Waals surface area (Å²) in [6, 6.07) is 11.7. The highest BCUT2D eigenvalue weighted by Crippen LogP contribution is 2.21. The standard InChI is InChI=1S/C21H25NO3/c23-14-4-2-1-3-5-16-25-20-11-9-19(10-12-20)21-13-8-18(17-22-21)7-6-15-24/h8-13,17,23-24H,1-5,14-16H2. The Morgan fingerprint density at radius 1 is 0.880 bits per heavy atom. The van der Waals surface area contributed by atoms with Gasteiger partial charge < -0.3 is 14.9 Å². The van der Waals surface area contributed by atoms with E-state index in [1.807, 2.05) is 36.4 Å². The normalized spacial score (nSPS) is 10.2. The molecule has 0 fully saturated rings. The van der Waals surface area contributed by atoms with Gasteiger partial charge in [0.25, 0.3) is 0 Å². The molecule has 25 heavy (non-hydrogen) atoms. The highest BCUT2D eigenvalue weighted by molar-refractivity contribution is 5.60. The summed E-state index contributed by atoms with van der Waals surface area (Å²) in [6.07, 6.45) is 7.00. The Morgan fingerprint density at radius 2 is 1.64 bits per heavy atom. The van der Waals surface area contributed by atoms with Gasteiger partial charge in [-0.3, -0.25) is 4.98 Å². The Balaban J connectivity index is 1.79. The molecule has 0 aliphatic heterocycles. The van der Waals surface area contributed by atoms with Gasteiger partial charge in [-0.2, -0.15) is 0 Å². The quantitative estimate of drug-likeness (QED) is 0.543. The van der Waals surface area contributed by atoms with E-state index in [0.29, 0.717) is 0 Å². The number of ether oxygens (including phenoxy) is 1. The Hall–Kier alpha value is -2.35. The molecule has 0 bridgehead atoms. The second-order valence-corrected chi connectivity index (χ2v) is 5.76. The van der Waals surface area contributed by atoms with Crippen molar-refractivity contribution in [3.8, 4) is 28.8 Å². The number of aliphatic hydroxyl groups is 2. The Labute approximate surface area is 149 Å². The monoisotopic (exact) mass is 339 g/mol. The number of hydrogen-bond donors (Lipinski definition) is 2. The van der Waals surface area contributed by atoms with Crippen LogP contribution in [0, 0.1) is 11.8 Å². The van der Waals surface area contributed by atoms with Crippen molar-refractivity contribution in [3.05, 3.63) is 48.2 Å². The van der Waals surface area contributed by atoms with Gasteiger partial charge in [-0.25, -0.2) is 0 Å². The summed E-state index contributed by atoms with van der Waals surface area (Å²) >= 11 is 0. The summed E-state index contributed by atoms with van der Waals surface area (Å²) < 4.78 is 5.76. The maximum absolute atomic E-state index is 8.73. The van der Waals surface area contributed by atoms with E-state index in [1.54, 1.807) is 6.20 Å². The Morgan fingerprint density at radius 3 is 2.32 bits per heavy atom. The molecule has 1 heterocycles. The summed E-state index contributed by atoms with van der Waals surface area (Å²) in [4.78, 5) is 4.40. The lowest BCUT2D eigenvalue weighted by atomic mass is 10.1. The Kier molecular flexibility index (Phi) is 8.54. The fraction of sp³-hybridized carbons (Fsp3) is 0.381. The highest BCUT2D eigenvalue weighted by Gasteiger charge is 2.00. The van der Waals surface area contributed by atoms with Crippen LogP contribution in [0.3, 0.4) is 0 Å². The van der Waals surface area contributed by atoms with Crippen LogP contribution in [0.2, 0.25) is 0 Å².